The number of sulfonamides is 1. The molecule has 0 unspecified atom stereocenters. The molecule has 2 saturated heterocycles. The van der Waals surface area contributed by atoms with Crippen LogP contribution in [0.3, 0.4) is 0 Å². The number of methoxy groups -OCH3 is 1. The molecule has 0 spiro atoms. The van der Waals surface area contributed by atoms with Crippen LogP contribution in [0.4, 0.5) is 0 Å². The molecule has 0 N–H and O–H groups in total. The molecule has 0 aliphatic carbocycles. The first-order valence-corrected chi connectivity index (χ1v) is 16.0. The van der Waals surface area contributed by atoms with Crippen molar-refractivity contribution in [3.63, 3.8) is 0 Å². The van der Waals surface area contributed by atoms with Gasteiger partial charge in [-0.1, -0.05) is 0 Å². The van der Waals surface area contributed by atoms with Crippen molar-refractivity contribution in [2.24, 2.45) is 0 Å². The van der Waals surface area contributed by atoms with Crippen LogP contribution in [-0.2, 0) is 24.7 Å². The number of aryl methyl sites for hydroxylation is 2. The van der Waals surface area contributed by atoms with Crippen molar-refractivity contribution >= 4 is 25.8 Å². The van der Waals surface area contributed by atoms with E-state index in [1.54, 1.807) is 37.9 Å². The molecule has 37 heavy (non-hydrogen) atoms. The summed E-state index contributed by atoms with van der Waals surface area (Å²) in [6, 6.07) is 3.78. The first-order chi connectivity index (χ1) is 17.2. The third kappa shape index (κ3) is 7.23. The smallest absolute Gasteiger partial charge is 0.243 e. The van der Waals surface area contributed by atoms with Gasteiger partial charge in [-0.15, -0.1) is 0 Å². The molecule has 1 amide bonds. The number of likely N-dealkylation sites (N-methyl/N-ethyl adjacent to an activating group) is 1. The summed E-state index contributed by atoms with van der Waals surface area (Å²) >= 11 is 0. The normalized spacial score (nSPS) is 20.5. The Morgan fingerprint density at radius 3 is 2.19 bits per heavy atom. The van der Waals surface area contributed by atoms with Gasteiger partial charge in [0.25, 0.3) is 0 Å². The van der Waals surface area contributed by atoms with Crippen LogP contribution in [-0.4, -0.2) is 126 Å². The van der Waals surface area contributed by atoms with Crippen LogP contribution in [0, 0.1) is 13.8 Å². The predicted octanol–water partition coefficient (Wildman–Crippen LogP) is 0.974. The lowest BCUT2D eigenvalue weighted by Gasteiger charge is -2.35. The van der Waals surface area contributed by atoms with E-state index in [4.69, 9.17) is 4.74 Å². The van der Waals surface area contributed by atoms with Gasteiger partial charge in [0.15, 0.2) is 9.84 Å². The number of hydrogen-bond donors (Lipinski definition) is 0. The molecule has 0 bridgehead atoms. The van der Waals surface area contributed by atoms with E-state index in [2.05, 4.69) is 16.8 Å². The van der Waals surface area contributed by atoms with Gasteiger partial charge in [0, 0.05) is 45.8 Å². The number of carbonyl (C=O) groups is 1. The minimum atomic E-state index is -3.92. The van der Waals surface area contributed by atoms with Crippen molar-refractivity contribution in [3.8, 4) is 5.75 Å². The van der Waals surface area contributed by atoms with E-state index in [0.717, 1.165) is 49.7 Å². The van der Waals surface area contributed by atoms with E-state index >= 15 is 0 Å². The molecule has 1 atom stereocenters. The molecule has 3 rings (SSSR count). The molecule has 0 aromatic heterocycles. The third-order valence-corrected chi connectivity index (χ3v) is 11.4. The molecule has 1 aromatic rings. The third-order valence-electron chi connectivity index (χ3n) is 7.74. The number of hydrogen-bond acceptors (Lipinski definition) is 8. The van der Waals surface area contributed by atoms with Gasteiger partial charge in [-0.25, -0.2) is 16.8 Å². The van der Waals surface area contributed by atoms with Gasteiger partial charge in [-0.2, -0.15) is 4.31 Å². The highest BCUT2D eigenvalue weighted by Crippen LogP contribution is 2.28. The second-order valence-electron chi connectivity index (χ2n) is 10.5. The Labute approximate surface area is 222 Å². The van der Waals surface area contributed by atoms with Gasteiger partial charge >= 0.3 is 0 Å². The van der Waals surface area contributed by atoms with Crippen LogP contribution in [0.1, 0.15) is 30.4 Å². The SMILES string of the molecule is COc1cc(C)c(S(=O)(=O)N(C)CCS(=O)(=O)CC(=O)N(C)[C@@H]2CCN(C3CCN(C)CC3)C2)c(C)c1. The topological polar surface area (TPSA) is 108 Å². The van der Waals surface area contributed by atoms with E-state index < -0.39 is 37.3 Å². The lowest BCUT2D eigenvalue weighted by Crippen LogP contribution is -2.46. The number of carbonyl (C=O) groups excluding carboxylic acids is 1. The zero-order valence-corrected chi connectivity index (χ0v) is 24.6. The molecule has 0 saturated carbocycles. The summed E-state index contributed by atoms with van der Waals surface area (Å²) < 4.78 is 58.2. The molecule has 1 aromatic carbocycles. The maximum atomic E-state index is 13.2. The maximum absolute atomic E-state index is 13.2. The summed E-state index contributed by atoms with van der Waals surface area (Å²) in [5.74, 6) is -0.938. The Balaban J connectivity index is 1.55. The van der Waals surface area contributed by atoms with Crippen molar-refractivity contribution in [3.05, 3.63) is 23.3 Å². The number of amides is 1. The van der Waals surface area contributed by atoms with E-state index in [1.807, 2.05) is 0 Å². The number of nitrogens with zero attached hydrogens (tertiary/aromatic N) is 4. The zero-order valence-electron chi connectivity index (χ0n) is 22.9. The Bertz CT molecular complexity index is 1160. The zero-order chi connectivity index (χ0) is 27.5. The van der Waals surface area contributed by atoms with Crippen molar-refractivity contribution in [2.75, 3.05) is 72.5 Å². The monoisotopic (exact) mass is 558 g/mol. The van der Waals surface area contributed by atoms with Gasteiger partial charge < -0.3 is 14.5 Å². The Morgan fingerprint density at radius 1 is 1.03 bits per heavy atom. The number of likely N-dealkylation sites (tertiary alicyclic amines) is 2. The molecular formula is C25H42N4O6S2. The van der Waals surface area contributed by atoms with Gasteiger partial charge in [0.2, 0.25) is 15.9 Å². The predicted molar refractivity (Wildman–Crippen MR) is 144 cm³/mol. The average molecular weight is 559 g/mol. The molecule has 2 fully saturated rings. The van der Waals surface area contributed by atoms with Gasteiger partial charge in [0.1, 0.15) is 11.5 Å². The largest absolute Gasteiger partial charge is 0.497 e. The maximum Gasteiger partial charge on any atom is 0.243 e. The van der Waals surface area contributed by atoms with Crippen molar-refractivity contribution in [1.82, 2.24) is 19.0 Å². The van der Waals surface area contributed by atoms with Crippen LogP contribution in [0.15, 0.2) is 17.0 Å². The van der Waals surface area contributed by atoms with Crippen LogP contribution < -0.4 is 4.74 Å². The second kappa shape index (κ2) is 12.0. The molecule has 12 heteroatoms. The van der Waals surface area contributed by atoms with Crippen LogP contribution >= 0.6 is 0 Å². The van der Waals surface area contributed by atoms with Gasteiger partial charge in [-0.3, -0.25) is 9.69 Å². The second-order valence-corrected chi connectivity index (χ2v) is 14.7. The van der Waals surface area contributed by atoms with Gasteiger partial charge in [0.05, 0.1) is 17.8 Å². The van der Waals surface area contributed by atoms with Crippen LogP contribution in [0.5, 0.6) is 5.75 Å². The summed E-state index contributed by atoms with van der Waals surface area (Å²) in [5.41, 5.74) is 1.04. The standard InChI is InChI=1S/C25H42N4O6S2/c1-19-15-23(35-6)16-20(2)25(19)37(33,34)27(4)13-14-36(31,32)18-24(30)28(5)22-9-12-29(17-22)21-7-10-26(3)11-8-21/h15-16,21-22H,7-14,17-18H2,1-6H3/t22-/m1/s1. The summed E-state index contributed by atoms with van der Waals surface area (Å²) in [4.78, 5) is 19.3. The Kier molecular flexibility index (Phi) is 9.66. The number of piperidine rings is 1. The number of rotatable bonds is 10. The molecule has 210 valence electrons. The van der Waals surface area contributed by atoms with E-state index in [9.17, 15) is 21.6 Å². The number of sulfone groups is 1. The van der Waals surface area contributed by atoms with E-state index in [0.29, 0.717) is 22.9 Å². The fourth-order valence-corrected chi connectivity index (χ4v) is 8.29. The molecule has 0 radical (unpaired) electrons. The summed E-state index contributed by atoms with van der Waals surface area (Å²) in [5, 5.41) is 0. The summed E-state index contributed by atoms with van der Waals surface area (Å²) in [6.45, 7) is 6.94. The van der Waals surface area contributed by atoms with Crippen LogP contribution in [0.2, 0.25) is 0 Å². The first kappa shape index (κ1) is 29.8. The Hall–Kier alpha value is -1.73. The minimum Gasteiger partial charge on any atom is -0.497 e. The number of benzene rings is 1. The number of ether oxygens (including phenoxy) is 1. The Morgan fingerprint density at radius 2 is 1.62 bits per heavy atom. The molecule has 10 nitrogen and oxygen atoms in total. The first-order valence-electron chi connectivity index (χ1n) is 12.8. The van der Waals surface area contributed by atoms with Crippen molar-refractivity contribution in [1.29, 1.82) is 0 Å². The molecule has 2 aliphatic heterocycles. The lowest BCUT2D eigenvalue weighted by atomic mass is 10.0. The molecular weight excluding hydrogens is 516 g/mol. The highest BCUT2D eigenvalue weighted by Gasteiger charge is 2.34. The average Bonchev–Trinajstić information content (AvgIpc) is 3.31. The van der Waals surface area contributed by atoms with E-state index in [-0.39, 0.29) is 17.5 Å². The highest BCUT2D eigenvalue weighted by molar-refractivity contribution is 7.92. The van der Waals surface area contributed by atoms with Gasteiger partial charge in [-0.05, 0) is 76.5 Å². The lowest BCUT2D eigenvalue weighted by molar-refractivity contribution is -0.129. The fourth-order valence-electron chi connectivity index (χ4n) is 5.32. The fraction of sp³-hybridized carbons (Fsp3) is 0.720. The van der Waals surface area contributed by atoms with Crippen molar-refractivity contribution < 1.29 is 26.4 Å². The molecule has 2 heterocycles. The van der Waals surface area contributed by atoms with E-state index in [1.165, 1.54) is 14.2 Å². The minimum absolute atomic E-state index is 0.00794. The summed E-state index contributed by atoms with van der Waals surface area (Å²) in [7, 11) is -1.05. The van der Waals surface area contributed by atoms with Crippen LogP contribution in [0.25, 0.3) is 0 Å². The summed E-state index contributed by atoms with van der Waals surface area (Å²) in [6.07, 6.45) is 3.05. The molecule has 2 aliphatic rings. The quantitative estimate of drug-likeness (QED) is 0.418. The van der Waals surface area contributed by atoms with Crippen molar-refractivity contribution in [2.45, 2.75) is 50.1 Å². The highest BCUT2D eigenvalue weighted by atomic mass is 32.2.